The molecule has 0 aromatic heterocycles. The minimum atomic E-state index is -0.136. The fourth-order valence-corrected chi connectivity index (χ4v) is 3.82. The smallest absolute Gasteiger partial charge is 0.0850 e. The van der Waals surface area contributed by atoms with Crippen molar-refractivity contribution in [1.82, 2.24) is 5.43 Å². The van der Waals surface area contributed by atoms with E-state index in [9.17, 15) is 0 Å². The fraction of sp³-hybridized carbons (Fsp3) is 0.667. The van der Waals surface area contributed by atoms with Gasteiger partial charge in [-0.15, -0.1) is 0 Å². The van der Waals surface area contributed by atoms with Gasteiger partial charge in [0, 0.05) is 7.11 Å². The topological polar surface area (TPSA) is 47.3 Å². The van der Waals surface area contributed by atoms with E-state index in [1.807, 2.05) is 7.11 Å². The third-order valence-electron chi connectivity index (χ3n) is 5.16. The van der Waals surface area contributed by atoms with Crippen molar-refractivity contribution in [3.63, 3.8) is 0 Å². The third-order valence-corrected chi connectivity index (χ3v) is 5.16. The van der Waals surface area contributed by atoms with E-state index < -0.39 is 0 Å². The number of ether oxygens (including phenoxy) is 1. The van der Waals surface area contributed by atoms with Gasteiger partial charge in [-0.2, -0.15) is 0 Å². The van der Waals surface area contributed by atoms with Gasteiger partial charge >= 0.3 is 0 Å². The van der Waals surface area contributed by atoms with E-state index in [1.54, 1.807) is 0 Å². The van der Waals surface area contributed by atoms with E-state index in [2.05, 4.69) is 44.4 Å². The molecule has 1 aliphatic carbocycles. The number of nitrogens with one attached hydrogen (secondary N) is 1. The molecule has 2 rings (SSSR count). The van der Waals surface area contributed by atoms with Crippen LogP contribution in [0.5, 0.6) is 0 Å². The lowest BCUT2D eigenvalue weighted by Crippen LogP contribution is -2.57. The van der Waals surface area contributed by atoms with Gasteiger partial charge in [0.25, 0.3) is 0 Å². The molecule has 21 heavy (non-hydrogen) atoms. The summed E-state index contributed by atoms with van der Waals surface area (Å²) in [5.41, 5.74) is 6.92. The summed E-state index contributed by atoms with van der Waals surface area (Å²) >= 11 is 0. The molecule has 118 valence electrons. The number of hydrazine groups is 1. The number of hydrogen-bond donors (Lipinski definition) is 2. The molecule has 0 spiro atoms. The summed E-state index contributed by atoms with van der Waals surface area (Å²) in [5.74, 6) is 6.62. The minimum Gasteiger partial charge on any atom is -0.377 e. The maximum atomic E-state index is 6.00. The molecule has 3 heteroatoms. The van der Waals surface area contributed by atoms with E-state index in [-0.39, 0.29) is 11.6 Å². The lowest BCUT2D eigenvalue weighted by molar-refractivity contribution is -0.0791. The average Bonchev–Trinajstić information content (AvgIpc) is 2.48. The quantitative estimate of drug-likeness (QED) is 0.646. The van der Waals surface area contributed by atoms with Gasteiger partial charge in [-0.25, -0.2) is 0 Å². The Morgan fingerprint density at radius 3 is 2.81 bits per heavy atom. The SMILES string of the molecule is COC1(C(Cc2cc(C)ccc2C)NN)CCCC(C)C1. The van der Waals surface area contributed by atoms with Gasteiger partial charge in [0.05, 0.1) is 11.6 Å². The van der Waals surface area contributed by atoms with Crippen molar-refractivity contribution in [2.24, 2.45) is 11.8 Å². The Labute approximate surface area is 129 Å². The van der Waals surface area contributed by atoms with Crippen molar-refractivity contribution in [1.29, 1.82) is 0 Å². The monoisotopic (exact) mass is 290 g/mol. The van der Waals surface area contributed by atoms with Gasteiger partial charge < -0.3 is 4.74 Å². The van der Waals surface area contributed by atoms with Gasteiger partial charge in [-0.1, -0.05) is 43.5 Å². The van der Waals surface area contributed by atoms with Crippen LogP contribution in [-0.2, 0) is 11.2 Å². The van der Waals surface area contributed by atoms with Gasteiger partial charge in [0.15, 0.2) is 0 Å². The lowest BCUT2D eigenvalue weighted by atomic mass is 9.73. The molecule has 0 radical (unpaired) electrons. The van der Waals surface area contributed by atoms with Crippen LogP contribution in [0.2, 0.25) is 0 Å². The van der Waals surface area contributed by atoms with Crippen LogP contribution in [0.25, 0.3) is 0 Å². The summed E-state index contributed by atoms with van der Waals surface area (Å²) in [6, 6.07) is 6.79. The Balaban J connectivity index is 2.23. The van der Waals surface area contributed by atoms with E-state index in [1.165, 1.54) is 29.5 Å². The number of benzene rings is 1. The number of rotatable bonds is 5. The molecule has 0 aliphatic heterocycles. The van der Waals surface area contributed by atoms with Crippen LogP contribution in [0, 0.1) is 19.8 Å². The Bertz CT molecular complexity index is 474. The molecule has 3 N–H and O–H groups in total. The molecule has 1 saturated carbocycles. The van der Waals surface area contributed by atoms with Crippen molar-refractivity contribution >= 4 is 0 Å². The highest BCUT2D eigenvalue weighted by Crippen LogP contribution is 2.38. The largest absolute Gasteiger partial charge is 0.377 e. The summed E-state index contributed by atoms with van der Waals surface area (Å²) in [6.45, 7) is 6.63. The first-order chi connectivity index (χ1) is 10.0. The molecule has 0 bridgehead atoms. The predicted octanol–water partition coefficient (Wildman–Crippen LogP) is 3.27. The first-order valence-electron chi connectivity index (χ1n) is 8.08. The highest BCUT2D eigenvalue weighted by Gasteiger charge is 2.41. The van der Waals surface area contributed by atoms with Crippen molar-refractivity contribution in [2.45, 2.75) is 64.5 Å². The van der Waals surface area contributed by atoms with Gasteiger partial charge in [0.2, 0.25) is 0 Å². The van der Waals surface area contributed by atoms with Crippen LogP contribution >= 0.6 is 0 Å². The third kappa shape index (κ3) is 3.65. The van der Waals surface area contributed by atoms with E-state index in [4.69, 9.17) is 10.6 Å². The molecule has 1 aromatic rings. The van der Waals surface area contributed by atoms with Crippen LogP contribution in [0.15, 0.2) is 18.2 Å². The Hall–Kier alpha value is -0.900. The fourth-order valence-electron chi connectivity index (χ4n) is 3.82. The second-order valence-electron chi connectivity index (χ2n) is 6.82. The van der Waals surface area contributed by atoms with E-state index in [0.29, 0.717) is 5.92 Å². The molecule has 3 atom stereocenters. The first kappa shape index (κ1) is 16.5. The standard InChI is InChI=1S/C18H30N2O/c1-13-7-8-15(3)16(10-13)11-17(20-19)18(21-4)9-5-6-14(2)12-18/h7-8,10,14,17,20H,5-6,9,11-12,19H2,1-4H3. The second kappa shape index (κ2) is 6.91. The van der Waals surface area contributed by atoms with Crippen molar-refractivity contribution in [2.75, 3.05) is 7.11 Å². The van der Waals surface area contributed by atoms with Crippen LogP contribution in [0.1, 0.15) is 49.3 Å². The summed E-state index contributed by atoms with van der Waals surface area (Å²) in [5, 5.41) is 0. The molecular formula is C18H30N2O. The summed E-state index contributed by atoms with van der Waals surface area (Å²) in [4.78, 5) is 0. The molecule has 3 unspecified atom stereocenters. The molecule has 3 nitrogen and oxygen atoms in total. The lowest BCUT2D eigenvalue weighted by Gasteiger charge is -2.44. The van der Waals surface area contributed by atoms with Crippen molar-refractivity contribution in [3.05, 3.63) is 34.9 Å². The maximum Gasteiger partial charge on any atom is 0.0850 e. The number of nitrogens with two attached hydrogens (primary N) is 1. The molecular weight excluding hydrogens is 260 g/mol. The van der Waals surface area contributed by atoms with E-state index in [0.717, 1.165) is 19.3 Å². The van der Waals surface area contributed by atoms with Crippen LogP contribution in [-0.4, -0.2) is 18.8 Å². The summed E-state index contributed by atoms with van der Waals surface area (Å²) in [7, 11) is 1.84. The minimum absolute atomic E-state index is 0.136. The summed E-state index contributed by atoms with van der Waals surface area (Å²) in [6.07, 6.45) is 5.62. The van der Waals surface area contributed by atoms with Crippen LogP contribution < -0.4 is 11.3 Å². The Morgan fingerprint density at radius 2 is 2.19 bits per heavy atom. The van der Waals surface area contributed by atoms with Gasteiger partial charge in [-0.05, 0) is 50.2 Å². The van der Waals surface area contributed by atoms with Gasteiger partial charge in [-0.3, -0.25) is 11.3 Å². The Kier molecular flexibility index (Phi) is 5.42. The molecule has 1 fully saturated rings. The molecule has 0 heterocycles. The maximum absolute atomic E-state index is 6.00. The molecule has 1 aromatic carbocycles. The Morgan fingerprint density at radius 1 is 1.43 bits per heavy atom. The highest BCUT2D eigenvalue weighted by molar-refractivity contribution is 5.31. The molecule has 1 aliphatic rings. The zero-order valence-corrected chi connectivity index (χ0v) is 13.9. The average molecular weight is 290 g/mol. The highest BCUT2D eigenvalue weighted by atomic mass is 16.5. The molecule has 0 amide bonds. The summed E-state index contributed by atoms with van der Waals surface area (Å²) < 4.78 is 6.00. The van der Waals surface area contributed by atoms with Crippen LogP contribution in [0.3, 0.4) is 0 Å². The normalized spacial score (nSPS) is 27.6. The number of aryl methyl sites for hydroxylation is 2. The van der Waals surface area contributed by atoms with E-state index >= 15 is 0 Å². The number of hydrogen-bond acceptors (Lipinski definition) is 3. The van der Waals surface area contributed by atoms with Crippen molar-refractivity contribution < 1.29 is 4.74 Å². The number of methoxy groups -OCH3 is 1. The first-order valence-corrected chi connectivity index (χ1v) is 8.08. The predicted molar refractivity (Wildman–Crippen MR) is 88.1 cm³/mol. The van der Waals surface area contributed by atoms with Crippen LogP contribution in [0.4, 0.5) is 0 Å². The second-order valence-corrected chi connectivity index (χ2v) is 6.82. The van der Waals surface area contributed by atoms with Gasteiger partial charge in [0.1, 0.15) is 0 Å². The van der Waals surface area contributed by atoms with Crippen molar-refractivity contribution in [3.8, 4) is 0 Å². The molecule has 0 saturated heterocycles. The zero-order valence-electron chi connectivity index (χ0n) is 13.9. The zero-order chi connectivity index (χ0) is 15.5.